The van der Waals surface area contributed by atoms with Gasteiger partial charge < -0.3 is 9.90 Å². The average Bonchev–Trinajstić information content (AvgIpc) is 2.70. The van der Waals surface area contributed by atoms with Gasteiger partial charge in [-0.25, -0.2) is 0 Å². The number of carbonyl (C=O) groups is 1. The molecule has 0 atom stereocenters. The molecule has 0 N–H and O–H groups in total. The number of unbranched alkanes of at least 4 members (excludes halogenated alkanes) is 12. The van der Waals surface area contributed by atoms with Gasteiger partial charge in [0, 0.05) is 6.54 Å². The molecule has 0 saturated carbocycles. The van der Waals surface area contributed by atoms with Gasteiger partial charge in [-0.15, -0.1) is 0 Å². The molecule has 0 unspecified atom stereocenters. The van der Waals surface area contributed by atoms with Gasteiger partial charge in [0.05, 0.1) is 5.97 Å². The number of aliphatic carboxylic acids is 1. The first-order valence-corrected chi connectivity index (χ1v) is 12.4. The second kappa shape index (κ2) is 26.9. The molecule has 0 radical (unpaired) electrons. The number of allylic oxidation sites excluding steroid dienone is 4. The van der Waals surface area contributed by atoms with Crippen molar-refractivity contribution in [2.45, 2.75) is 117 Å². The van der Waals surface area contributed by atoms with Gasteiger partial charge in [0.1, 0.15) is 0 Å². The maximum Gasteiger partial charge on any atom is 1.00 e. The van der Waals surface area contributed by atoms with Crippen molar-refractivity contribution in [3.63, 3.8) is 0 Å². The summed E-state index contributed by atoms with van der Waals surface area (Å²) in [5.41, 5.74) is 0. The molecule has 3 nitrogen and oxygen atoms in total. The molecule has 0 aliphatic rings. The molecule has 170 valence electrons. The van der Waals surface area contributed by atoms with Gasteiger partial charge in [-0.3, -0.25) is 4.90 Å². The standard InChI is InChI=1S/C26H49NO2.Na/c1-3-5-7-9-11-13-15-17-19-21-23-27(25-26(28)29)24-22-20-18-16-14-12-10-8-6-4-2;/h5-8H,3-4,9-25H2,1-2H3,(H,28,29);/q;+1/p-1/b7-5+,8-6+;. The smallest absolute Gasteiger partial charge is 0.549 e. The van der Waals surface area contributed by atoms with E-state index in [9.17, 15) is 9.90 Å². The Bertz CT molecular complexity index is 380. The third-order valence-electron chi connectivity index (χ3n) is 5.35. The maximum atomic E-state index is 11.0. The SMILES string of the molecule is CC/C=C/CCCCCCCCN(CCCCCCCC/C=C/CC)CC(=O)[O-].[Na+]. The second-order valence-electron chi connectivity index (χ2n) is 8.23. The van der Waals surface area contributed by atoms with E-state index >= 15 is 0 Å². The van der Waals surface area contributed by atoms with Crippen LogP contribution >= 0.6 is 0 Å². The fraction of sp³-hybridized carbons (Fsp3) is 0.808. The second-order valence-corrected chi connectivity index (χ2v) is 8.23. The van der Waals surface area contributed by atoms with E-state index in [-0.39, 0.29) is 36.1 Å². The van der Waals surface area contributed by atoms with Gasteiger partial charge in [-0.05, 0) is 64.5 Å². The van der Waals surface area contributed by atoms with Crippen LogP contribution in [0.4, 0.5) is 0 Å². The minimum absolute atomic E-state index is 0. The molecule has 30 heavy (non-hydrogen) atoms. The summed E-state index contributed by atoms with van der Waals surface area (Å²) in [6, 6.07) is 0. The van der Waals surface area contributed by atoms with Crippen molar-refractivity contribution in [2.75, 3.05) is 19.6 Å². The topological polar surface area (TPSA) is 43.4 Å². The summed E-state index contributed by atoms with van der Waals surface area (Å²) in [5.74, 6) is -0.940. The van der Waals surface area contributed by atoms with E-state index in [0.717, 1.165) is 38.8 Å². The zero-order chi connectivity index (χ0) is 21.4. The molecule has 0 heterocycles. The molecule has 0 amide bonds. The summed E-state index contributed by atoms with van der Waals surface area (Å²) < 4.78 is 0. The Morgan fingerprint density at radius 2 is 1.00 bits per heavy atom. The minimum atomic E-state index is -0.940. The Balaban J connectivity index is 0. The van der Waals surface area contributed by atoms with Crippen LogP contribution in [0, 0.1) is 0 Å². The number of carboxylic acids is 1. The Kier molecular flexibility index (Phi) is 28.8. The Morgan fingerprint density at radius 1 is 0.633 bits per heavy atom. The summed E-state index contributed by atoms with van der Waals surface area (Å²) in [5, 5.41) is 11.0. The summed E-state index contributed by atoms with van der Waals surface area (Å²) in [7, 11) is 0. The predicted octanol–water partition coefficient (Wildman–Crippen LogP) is 3.44. The molecular formula is C26H48NNaO2. The maximum absolute atomic E-state index is 11.0. The first kappa shape index (κ1) is 32.1. The number of hydrogen-bond donors (Lipinski definition) is 0. The van der Waals surface area contributed by atoms with Gasteiger partial charge >= 0.3 is 29.6 Å². The fourth-order valence-electron chi connectivity index (χ4n) is 3.63. The molecule has 0 aromatic heterocycles. The van der Waals surface area contributed by atoms with Gasteiger partial charge in [0.2, 0.25) is 0 Å². The van der Waals surface area contributed by atoms with Crippen LogP contribution < -0.4 is 34.7 Å². The molecular weight excluding hydrogens is 381 g/mol. The Hall–Kier alpha value is -0.0900. The number of hydrogen-bond acceptors (Lipinski definition) is 3. The van der Waals surface area contributed by atoms with Crippen LogP contribution in [-0.2, 0) is 4.79 Å². The number of carboxylic acid groups (broad SMARTS) is 1. The number of nitrogens with zero attached hydrogens (tertiary/aromatic N) is 1. The zero-order valence-corrected chi connectivity index (χ0v) is 22.5. The molecule has 0 rings (SSSR count). The molecule has 0 aromatic carbocycles. The van der Waals surface area contributed by atoms with Crippen molar-refractivity contribution in [1.82, 2.24) is 4.90 Å². The van der Waals surface area contributed by atoms with Crippen LogP contribution in [0.2, 0.25) is 0 Å². The summed E-state index contributed by atoms with van der Waals surface area (Å²) in [6.07, 6.45) is 28.8. The number of rotatable bonds is 22. The molecule has 0 bridgehead atoms. The van der Waals surface area contributed by atoms with Crippen molar-refractivity contribution in [2.24, 2.45) is 0 Å². The van der Waals surface area contributed by atoms with Crippen molar-refractivity contribution < 1.29 is 39.5 Å². The third kappa shape index (κ3) is 25.9. The summed E-state index contributed by atoms with van der Waals surface area (Å²) in [4.78, 5) is 13.1. The van der Waals surface area contributed by atoms with Crippen LogP contribution in [0.1, 0.15) is 117 Å². The van der Waals surface area contributed by atoms with E-state index in [4.69, 9.17) is 0 Å². The van der Waals surface area contributed by atoms with Gasteiger partial charge in [-0.1, -0.05) is 89.5 Å². The van der Waals surface area contributed by atoms with E-state index in [1.54, 1.807) is 0 Å². The average molecular weight is 430 g/mol. The van der Waals surface area contributed by atoms with Crippen LogP contribution in [0.5, 0.6) is 0 Å². The van der Waals surface area contributed by atoms with Gasteiger partial charge in [-0.2, -0.15) is 0 Å². The summed E-state index contributed by atoms with van der Waals surface area (Å²) >= 11 is 0. The predicted molar refractivity (Wildman–Crippen MR) is 125 cm³/mol. The van der Waals surface area contributed by atoms with Crippen molar-refractivity contribution in [3.8, 4) is 0 Å². The number of carbonyl (C=O) groups excluding carboxylic acids is 1. The van der Waals surface area contributed by atoms with E-state index in [0.29, 0.717) is 0 Å². The fourth-order valence-corrected chi connectivity index (χ4v) is 3.63. The van der Waals surface area contributed by atoms with Gasteiger partial charge in [0.25, 0.3) is 0 Å². The molecule has 4 heteroatoms. The molecule has 0 saturated heterocycles. The minimum Gasteiger partial charge on any atom is -0.549 e. The summed E-state index contributed by atoms with van der Waals surface area (Å²) in [6.45, 7) is 6.24. The Morgan fingerprint density at radius 3 is 1.37 bits per heavy atom. The van der Waals surface area contributed by atoms with Crippen molar-refractivity contribution >= 4 is 5.97 Å². The largest absolute Gasteiger partial charge is 1.00 e. The zero-order valence-electron chi connectivity index (χ0n) is 20.5. The van der Waals surface area contributed by atoms with E-state index in [1.807, 2.05) is 0 Å². The third-order valence-corrected chi connectivity index (χ3v) is 5.35. The molecule has 0 fully saturated rings. The van der Waals surface area contributed by atoms with E-state index in [1.165, 1.54) is 77.0 Å². The normalized spacial score (nSPS) is 11.6. The molecule has 0 spiro atoms. The van der Waals surface area contributed by atoms with Crippen LogP contribution in [0.3, 0.4) is 0 Å². The van der Waals surface area contributed by atoms with Gasteiger partial charge in [0.15, 0.2) is 0 Å². The first-order valence-electron chi connectivity index (χ1n) is 12.4. The van der Waals surface area contributed by atoms with Crippen LogP contribution in [0.15, 0.2) is 24.3 Å². The van der Waals surface area contributed by atoms with Crippen molar-refractivity contribution in [1.29, 1.82) is 0 Å². The molecule has 0 aromatic rings. The quantitative estimate of drug-likeness (QED) is 0.150. The van der Waals surface area contributed by atoms with E-state index < -0.39 is 5.97 Å². The van der Waals surface area contributed by atoms with Crippen molar-refractivity contribution in [3.05, 3.63) is 24.3 Å². The van der Waals surface area contributed by atoms with Crippen LogP contribution in [-0.4, -0.2) is 30.5 Å². The monoisotopic (exact) mass is 429 g/mol. The Labute approximate surface area is 210 Å². The first-order chi connectivity index (χ1) is 14.2. The van der Waals surface area contributed by atoms with E-state index in [2.05, 4.69) is 43.1 Å². The molecule has 0 aliphatic heterocycles. The molecule has 0 aliphatic carbocycles. The van der Waals surface area contributed by atoms with Crippen LogP contribution in [0.25, 0.3) is 0 Å².